The Hall–Kier alpha value is -3.71. The number of nitrogens with one attached hydrogen (secondary N) is 1. The van der Waals surface area contributed by atoms with E-state index in [1.165, 1.54) is 22.9 Å². The van der Waals surface area contributed by atoms with Crippen LogP contribution in [-0.2, 0) is 21.2 Å². The van der Waals surface area contributed by atoms with Crippen LogP contribution in [0.1, 0.15) is 30.9 Å². The molecule has 0 unspecified atom stereocenters. The maximum atomic E-state index is 13.4. The number of fused-ring (bicyclic) bond motifs is 1. The summed E-state index contributed by atoms with van der Waals surface area (Å²) in [7, 11) is -4.09. The van der Waals surface area contributed by atoms with E-state index < -0.39 is 15.3 Å². The molecule has 4 rings (SSSR count). The quantitative estimate of drug-likeness (QED) is 0.431. The average molecular weight is 475 g/mol. The monoisotopic (exact) mass is 474 g/mol. The minimum Gasteiger partial charge on any atom is -0.336 e. The van der Waals surface area contributed by atoms with Crippen LogP contribution in [0.4, 0.5) is 5.69 Å². The van der Waals surface area contributed by atoms with Crippen molar-refractivity contribution in [2.45, 2.75) is 43.0 Å². The highest BCUT2D eigenvalue weighted by molar-refractivity contribution is 7.91. The highest BCUT2D eigenvalue weighted by Gasteiger charge is 2.24. The van der Waals surface area contributed by atoms with E-state index >= 15 is 0 Å². The number of aromatic nitrogens is 1. The molecule has 0 aliphatic carbocycles. The Kier molecular flexibility index (Phi) is 6.39. The van der Waals surface area contributed by atoms with E-state index in [2.05, 4.69) is 5.32 Å². The van der Waals surface area contributed by atoms with Crippen LogP contribution in [0.2, 0.25) is 0 Å². The average Bonchev–Trinajstić information content (AvgIpc) is 2.82. The van der Waals surface area contributed by atoms with Gasteiger partial charge in [-0.2, -0.15) is 0 Å². The number of anilines is 1. The Balaban J connectivity index is 1.76. The van der Waals surface area contributed by atoms with Crippen LogP contribution in [0.25, 0.3) is 10.9 Å². The minimum atomic E-state index is -4.09. The van der Waals surface area contributed by atoms with Gasteiger partial charge in [-0.05, 0) is 54.8 Å². The number of benzene rings is 3. The summed E-state index contributed by atoms with van der Waals surface area (Å²) in [6, 6.07) is 20.6. The maximum absolute atomic E-state index is 13.4. The lowest BCUT2D eigenvalue weighted by Crippen LogP contribution is -2.23. The second kappa shape index (κ2) is 9.27. The third-order valence-corrected chi connectivity index (χ3v) is 7.51. The smallest absolute Gasteiger partial charge is 0.244 e. The van der Waals surface area contributed by atoms with Gasteiger partial charge < -0.3 is 9.88 Å². The Morgan fingerprint density at radius 3 is 2.24 bits per heavy atom. The standard InChI is InChI=1S/C27H26N2O4S/c1-18(2)20-10-14-22(15-11-20)34(32,33)25-16-29(24-7-5-4-6-23(24)27(25)31)17-26(30)28-21-12-8-19(3)9-13-21/h4-16,18H,17H2,1-3H3,(H,28,30). The van der Waals surface area contributed by atoms with E-state index in [9.17, 15) is 18.0 Å². The van der Waals surface area contributed by atoms with Crippen LogP contribution >= 0.6 is 0 Å². The molecule has 34 heavy (non-hydrogen) atoms. The molecule has 0 fully saturated rings. The maximum Gasteiger partial charge on any atom is 0.244 e. The molecule has 0 saturated carbocycles. The number of hydrogen-bond acceptors (Lipinski definition) is 4. The Morgan fingerprint density at radius 1 is 0.941 bits per heavy atom. The van der Waals surface area contributed by atoms with Gasteiger partial charge in [0.25, 0.3) is 0 Å². The molecule has 0 aliphatic heterocycles. The van der Waals surface area contributed by atoms with Gasteiger partial charge in [0.1, 0.15) is 11.4 Å². The second-order valence-electron chi connectivity index (χ2n) is 8.61. The Morgan fingerprint density at radius 2 is 1.59 bits per heavy atom. The predicted molar refractivity (Wildman–Crippen MR) is 134 cm³/mol. The van der Waals surface area contributed by atoms with Gasteiger partial charge in [0.2, 0.25) is 21.2 Å². The number of pyridine rings is 1. The molecule has 3 aromatic carbocycles. The summed E-state index contributed by atoms with van der Waals surface area (Å²) >= 11 is 0. The number of amides is 1. The summed E-state index contributed by atoms with van der Waals surface area (Å²) < 4.78 is 28.4. The van der Waals surface area contributed by atoms with E-state index in [0.29, 0.717) is 11.2 Å². The number of sulfone groups is 1. The third kappa shape index (κ3) is 4.65. The van der Waals surface area contributed by atoms with E-state index in [-0.39, 0.29) is 33.5 Å². The van der Waals surface area contributed by atoms with Gasteiger partial charge in [0.15, 0.2) is 0 Å². The number of para-hydroxylation sites is 1. The Bertz CT molecular complexity index is 1520. The van der Waals surface area contributed by atoms with Crippen LogP contribution in [-0.4, -0.2) is 18.9 Å². The topological polar surface area (TPSA) is 85.2 Å². The van der Waals surface area contributed by atoms with E-state index in [1.807, 2.05) is 32.9 Å². The molecule has 174 valence electrons. The SMILES string of the molecule is Cc1ccc(NC(=O)Cn2cc(S(=O)(=O)c3ccc(C(C)C)cc3)c(=O)c3ccccc32)cc1. The fourth-order valence-electron chi connectivity index (χ4n) is 3.79. The molecule has 1 aromatic heterocycles. The van der Waals surface area contributed by atoms with Crippen molar-refractivity contribution in [3.63, 3.8) is 0 Å². The largest absolute Gasteiger partial charge is 0.336 e. The molecule has 4 aromatic rings. The number of nitrogens with zero attached hydrogens (tertiary/aromatic N) is 1. The summed E-state index contributed by atoms with van der Waals surface area (Å²) in [6.07, 6.45) is 1.27. The van der Waals surface area contributed by atoms with Crippen LogP contribution in [0.5, 0.6) is 0 Å². The van der Waals surface area contributed by atoms with Gasteiger partial charge in [0, 0.05) is 17.3 Å². The van der Waals surface area contributed by atoms with Crippen molar-refractivity contribution in [1.29, 1.82) is 0 Å². The number of hydrogen-bond donors (Lipinski definition) is 1. The highest BCUT2D eigenvalue weighted by atomic mass is 32.2. The zero-order valence-corrected chi connectivity index (χ0v) is 20.1. The summed E-state index contributed by atoms with van der Waals surface area (Å²) in [6.45, 7) is 5.85. The zero-order chi connectivity index (χ0) is 24.5. The van der Waals surface area contributed by atoms with Crippen molar-refractivity contribution in [2.75, 3.05) is 5.32 Å². The summed E-state index contributed by atoms with van der Waals surface area (Å²) in [5, 5.41) is 3.06. The van der Waals surface area contributed by atoms with Gasteiger partial charge in [-0.1, -0.05) is 55.8 Å². The first-order valence-corrected chi connectivity index (χ1v) is 12.5. The fraction of sp³-hybridized carbons (Fsp3) is 0.185. The third-order valence-electron chi connectivity index (χ3n) is 5.75. The van der Waals surface area contributed by atoms with Crippen molar-refractivity contribution in [3.8, 4) is 0 Å². The first-order chi connectivity index (χ1) is 16.2. The predicted octanol–water partition coefficient (Wildman–Crippen LogP) is 4.90. The summed E-state index contributed by atoms with van der Waals surface area (Å²) in [5.74, 6) is -0.0796. The van der Waals surface area contributed by atoms with Crippen molar-refractivity contribution in [1.82, 2.24) is 4.57 Å². The van der Waals surface area contributed by atoms with Crippen molar-refractivity contribution >= 4 is 32.3 Å². The van der Waals surface area contributed by atoms with E-state index in [1.54, 1.807) is 48.5 Å². The van der Waals surface area contributed by atoms with Crippen molar-refractivity contribution in [2.24, 2.45) is 0 Å². The number of rotatable bonds is 6. The van der Waals surface area contributed by atoms with Crippen LogP contribution in [0.3, 0.4) is 0 Å². The molecule has 0 bridgehead atoms. The molecule has 6 nitrogen and oxygen atoms in total. The van der Waals surface area contributed by atoms with Gasteiger partial charge in [0.05, 0.1) is 10.4 Å². The molecule has 0 atom stereocenters. The molecular formula is C27H26N2O4S. The molecule has 0 spiro atoms. The van der Waals surface area contributed by atoms with E-state index in [0.717, 1.165) is 11.1 Å². The van der Waals surface area contributed by atoms with Gasteiger partial charge in [-0.25, -0.2) is 8.42 Å². The van der Waals surface area contributed by atoms with Crippen molar-refractivity contribution in [3.05, 3.63) is 100 Å². The molecule has 1 heterocycles. The number of carbonyl (C=O) groups excluding carboxylic acids is 1. The van der Waals surface area contributed by atoms with Gasteiger partial charge in [-0.3, -0.25) is 9.59 Å². The lowest BCUT2D eigenvalue weighted by atomic mass is 10.0. The minimum absolute atomic E-state index is 0.0416. The number of carbonyl (C=O) groups is 1. The molecule has 0 saturated heterocycles. The van der Waals surface area contributed by atoms with Crippen molar-refractivity contribution < 1.29 is 13.2 Å². The molecule has 7 heteroatoms. The van der Waals surface area contributed by atoms with Gasteiger partial charge >= 0.3 is 0 Å². The summed E-state index contributed by atoms with van der Waals surface area (Å²) in [5.41, 5.74) is 2.61. The van der Waals surface area contributed by atoms with Crippen LogP contribution in [0.15, 0.2) is 93.6 Å². The molecule has 1 amide bonds. The Labute approximate surface area is 198 Å². The zero-order valence-electron chi connectivity index (χ0n) is 19.3. The van der Waals surface area contributed by atoms with Crippen LogP contribution in [0, 0.1) is 6.92 Å². The summed E-state index contributed by atoms with van der Waals surface area (Å²) in [4.78, 5) is 25.6. The molecule has 0 aliphatic rings. The van der Waals surface area contributed by atoms with Crippen LogP contribution < -0.4 is 10.7 Å². The van der Waals surface area contributed by atoms with Gasteiger partial charge in [-0.15, -0.1) is 0 Å². The first kappa shape index (κ1) is 23.4. The normalized spacial score (nSPS) is 11.6. The lowest BCUT2D eigenvalue weighted by molar-refractivity contribution is -0.116. The molecule has 0 radical (unpaired) electrons. The molecular weight excluding hydrogens is 448 g/mol. The second-order valence-corrected chi connectivity index (χ2v) is 10.5. The number of aryl methyl sites for hydroxylation is 1. The van der Waals surface area contributed by atoms with E-state index in [4.69, 9.17) is 0 Å². The lowest BCUT2D eigenvalue weighted by Gasteiger charge is -2.14. The first-order valence-electron chi connectivity index (χ1n) is 11.0. The molecule has 1 N–H and O–H groups in total. The highest BCUT2D eigenvalue weighted by Crippen LogP contribution is 2.23. The fourth-order valence-corrected chi connectivity index (χ4v) is 5.16.